The molecule has 0 spiro atoms. The topological polar surface area (TPSA) is 54.9 Å². The molecule has 0 saturated carbocycles. The number of para-hydroxylation sites is 2. The Kier molecular flexibility index (Phi) is 6.27. The molecule has 140 valence electrons. The second-order valence-corrected chi connectivity index (χ2v) is 7.55. The summed E-state index contributed by atoms with van der Waals surface area (Å²) in [7, 11) is 1.60. The van der Waals surface area contributed by atoms with Gasteiger partial charge in [0.05, 0.1) is 17.7 Å². The van der Waals surface area contributed by atoms with Crippen molar-refractivity contribution in [2.75, 3.05) is 12.4 Å². The number of nitrogens with two attached hydrogens (primary N) is 1. The lowest BCUT2D eigenvalue weighted by Crippen LogP contribution is -2.92. The fourth-order valence-electron chi connectivity index (χ4n) is 2.98. The summed E-state index contributed by atoms with van der Waals surface area (Å²) in [6.07, 6.45) is 0. The lowest BCUT2D eigenvalue weighted by atomic mass is 10.0. The van der Waals surface area contributed by atoms with Crippen molar-refractivity contribution in [2.24, 2.45) is 0 Å². The van der Waals surface area contributed by atoms with Crippen LogP contribution in [0.4, 0.5) is 5.69 Å². The van der Waals surface area contributed by atoms with Gasteiger partial charge in [-0.15, -0.1) is 11.3 Å². The Bertz CT molecular complexity index is 876. The summed E-state index contributed by atoms with van der Waals surface area (Å²) in [5, 5.41) is 7.17. The number of anilines is 1. The average Bonchev–Trinajstić information content (AvgIpc) is 3.21. The summed E-state index contributed by atoms with van der Waals surface area (Å²) in [6.45, 7) is 4.01. The predicted octanol–water partition coefficient (Wildman–Crippen LogP) is 3.75. The quantitative estimate of drug-likeness (QED) is 0.655. The maximum absolute atomic E-state index is 12.8. The molecule has 0 saturated heterocycles. The highest BCUT2D eigenvalue weighted by atomic mass is 32.1. The number of aryl methyl sites for hydroxylation is 1. The van der Waals surface area contributed by atoms with Gasteiger partial charge in [-0.2, -0.15) is 0 Å². The first-order valence-electron chi connectivity index (χ1n) is 8.97. The van der Waals surface area contributed by atoms with Crippen LogP contribution in [-0.4, -0.2) is 19.1 Å². The lowest BCUT2D eigenvalue weighted by molar-refractivity contribution is -0.703. The van der Waals surface area contributed by atoms with Crippen LogP contribution >= 0.6 is 11.3 Å². The zero-order valence-electron chi connectivity index (χ0n) is 15.8. The fourth-order valence-corrected chi connectivity index (χ4v) is 3.82. The molecule has 4 nitrogen and oxygen atoms in total. The van der Waals surface area contributed by atoms with Crippen LogP contribution < -0.4 is 15.4 Å². The number of quaternary nitrogens is 1. The zero-order valence-corrected chi connectivity index (χ0v) is 16.6. The van der Waals surface area contributed by atoms with E-state index in [1.807, 2.05) is 31.2 Å². The molecule has 0 fully saturated rings. The van der Waals surface area contributed by atoms with Gasteiger partial charge >= 0.3 is 0 Å². The van der Waals surface area contributed by atoms with Crippen LogP contribution in [0, 0.1) is 6.92 Å². The first-order chi connectivity index (χ1) is 13.1. The van der Waals surface area contributed by atoms with Crippen LogP contribution in [0.25, 0.3) is 0 Å². The summed E-state index contributed by atoms with van der Waals surface area (Å²) < 4.78 is 5.32. The molecular formula is C22H25N2O2S+. The van der Waals surface area contributed by atoms with Crippen LogP contribution in [0.5, 0.6) is 5.75 Å². The highest BCUT2D eigenvalue weighted by Crippen LogP contribution is 2.24. The highest BCUT2D eigenvalue weighted by molar-refractivity contribution is 7.10. The second kappa shape index (κ2) is 8.84. The van der Waals surface area contributed by atoms with Crippen molar-refractivity contribution in [3.05, 3.63) is 82.0 Å². The van der Waals surface area contributed by atoms with Crippen molar-refractivity contribution in [3.63, 3.8) is 0 Å². The molecule has 3 aromatic rings. The van der Waals surface area contributed by atoms with Crippen molar-refractivity contribution in [1.29, 1.82) is 0 Å². The molecule has 0 aliphatic rings. The molecule has 27 heavy (non-hydrogen) atoms. The highest BCUT2D eigenvalue weighted by Gasteiger charge is 2.26. The number of methoxy groups -OCH3 is 1. The summed E-state index contributed by atoms with van der Waals surface area (Å²) in [5.74, 6) is 0.611. The van der Waals surface area contributed by atoms with Crippen LogP contribution in [-0.2, 0) is 4.79 Å². The van der Waals surface area contributed by atoms with Gasteiger partial charge in [0.2, 0.25) is 0 Å². The smallest absolute Gasteiger partial charge is 0.282 e. The van der Waals surface area contributed by atoms with Gasteiger partial charge in [-0.3, -0.25) is 4.79 Å². The SMILES string of the molecule is COc1ccccc1NC(=O)[C@@H](C)[NH2+][C@H](c1ccc(C)cc1)c1cccs1. The van der Waals surface area contributed by atoms with Crippen LogP contribution in [0.1, 0.15) is 29.0 Å². The van der Waals surface area contributed by atoms with E-state index in [0.29, 0.717) is 11.4 Å². The Hall–Kier alpha value is -2.63. The molecular weight excluding hydrogens is 356 g/mol. The molecule has 0 radical (unpaired) electrons. The van der Waals surface area contributed by atoms with E-state index in [9.17, 15) is 4.79 Å². The Labute approximate surface area is 164 Å². The number of carbonyl (C=O) groups excluding carboxylic acids is 1. The summed E-state index contributed by atoms with van der Waals surface area (Å²) in [6, 6.07) is 20.0. The average molecular weight is 382 g/mol. The largest absolute Gasteiger partial charge is 0.495 e. The molecule has 0 unspecified atom stereocenters. The monoisotopic (exact) mass is 381 g/mol. The van der Waals surface area contributed by atoms with Crippen molar-refractivity contribution >= 4 is 22.9 Å². The van der Waals surface area contributed by atoms with Gasteiger partial charge in [-0.25, -0.2) is 0 Å². The van der Waals surface area contributed by atoms with Crippen LogP contribution in [0.3, 0.4) is 0 Å². The molecule has 2 aromatic carbocycles. The number of hydrogen-bond acceptors (Lipinski definition) is 3. The Morgan fingerprint density at radius 1 is 1.07 bits per heavy atom. The van der Waals surface area contributed by atoms with Gasteiger partial charge in [0, 0.05) is 5.56 Å². The number of rotatable bonds is 7. The van der Waals surface area contributed by atoms with Crippen LogP contribution in [0.2, 0.25) is 0 Å². The van der Waals surface area contributed by atoms with Crippen molar-refractivity contribution in [2.45, 2.75) is 25.9 Å². The Morgan fingerprint density at radius 2 is 1.81 bits per heavy atom. The number of ether oxygens (including phenoxy) is 1. The van der Waals surface area contributed by atoms with E-state index in [0.717, 1.165) is 0 Å². The minimum atomic E-state index is -0.261. The number of thiophene rings is 1. The number of carbonyl (C=O) groups is 1. The van der Waals surface area contributed by atoms with Gasteiger partial charge in [0.25, 0.3) is 5.91 Å². The van der Waals surface area contributed by atoms with Gasteiger partial charge in [-0.1, -0.05) is 48.0 Å². The summed E-state index contributed by atoms with van der Waals surface area (Å²) in [4.78, 5) is 14.0. The fraction of sp³-hybridized carbons (Fsp3) is 0.227. The Morgan fingerprint density at radius 3 is 2.48 bits per heavy atom. The molecule has 1 amide bonds. The molecule has 3 rings (SSSR count). The number of benzene rings is 2. The van der Waals surface area contributed by atoms with E-state index >= 15 is 0 Å². The summed E-state index contributed by atoms with van der Waals surface area (Å²) >= 11 is 1.71. The second-order valence-electron chi connectivity index (χ2n) is 6.57. The van der Waals surface area contributed by atoms with Crippen molar-refractivity contribution in [1.82, 2.24) is 0 Å². The van der Waals surface area contributed by atoms with Gasteiger partial charge in [0.1, 0.15) is 11.8 Å². The first kappa shape index (κ1) is 19.1. The van der Waals surface area contributed by atoms with E-state index in [1.165, 1.54) is 16.0 Å². The molecule has 3 N–H and O–H groups in total. The molecule has 0 aliphatic heterocycles. The number of nitrogens with one attached hydrogen (secondary N) is 1. The van der Waals surface area contributed by atoms with E-state index in [-0.39, 0.29) is 18.0 Å². The molecule has 5 heteroatoms. The normalized spacial score (nSPS) is 13.0. The van der Waals surface area contributed by atoms with Gasteiger partial charge in [0.15, 0.2) is 6.04 Å². The maximum Gasteiger partial charge on any atom is 0.282 e. The first-order valence-corrected chi connectivity index (χ1v) is 9.85. The molecule has 0 aliphatic carbocycles. The van der Waals surface area contributed by atoms with E-state index in [4.69, 9.17) is 4.74 Å². The standard InChI is InChI=1S/C22H24N2O2S/c1-15-10-12-17(13-11-15)21(20-9-6-14-27-20)23-16(2)22(25)24-18-7-4-5-8-19(18)26-3/h4-14,16,21,23H,1-3H3,(H,24,25)/p+1/t16-,21-/m1/s1. The molecule has 2 atom stereocenters. The zero-order chi connectivity index (χ0) is 19.2. The molecule has 1 heterocycles. The third-order valence-corrected chi connectivity index (χ3v) is 5.50. The lowest BCUT2D eigenvalue weighted by Gasteiger charge is -2.20. The third kappa shape index (κ3) is 4.76. The Balaban J connectivity index is 1.77. The predicted molar refractivity (Wildman–Crippen MR) is 110 cm³/mol. The van der Waals surface area contributed by atoms with E-state index in [2.05, 4.69) is 59.3 Å². The van der Waals surface area contributed by atoms with Gasteiger partial charge < -0.3 is 15.4 Å². The van der Waals surface area contributed by atoms with Crippen molar-refractivity contribution in [3.8, 4) is 5.75 Å². The molecule has 1 aromatic heterocycles. The van der Waals surface area contributed by atoms with Crippen molar-refractivity contribution < 1.29 is 14.8 Å². The third-order valence-electron chi connectivity index (χ3n) is 4.55. The molecule has 0 bridgehead atoms. The van der Waals surface area contributed by atoms with Crippen LogP contribution in [0.15, 0.2) is 66.0 Å². The number of hydrogen-bond donors (Lipinski definition) is 2. The summed E-state index contributed by atoms with van der Waals surface area (Å²) in [5.41, 5.74) is 3.11. The van der Waals surface area contributed by atoms with Gasteiger partial charge in [-0.05, 0) is 37.4 Å². The van der Waals surface area contributed by atoms with E-state index < -0.39 is 0 Å². The number of amides is 1. The van der Waals surface area contributed by atoms with E-state index in [1.54, 1.807) is 18.4 Å². The minimum absolute atomic E-state index is 0.0480. The maximum atomic E-state index is 12.8. The minimum Gasteiger partial charge on any atom is -0.495 e.